The summed E-state index contributed by atoms with van der Waals surface area (Å²) >= 11 is 1.92. The lowest BCUT2D eigenvalue weighted by Crippen LogP contribution is -2.38. The molecule has 1 fully saturated rings. The van der Waals surface area contributed by atoms with Gasteiger partial charge in [-0.15, -0.1) is 0 Å². The van der Waals surface area contributed by atoms with Crippen molar-refractivity contribution < 1.29 is 0 Å². The first-order valence-electron chi connectivity index (χ1n) is 4.89. The number of nitrogens with one attached hydrogen (secondary N) is 1. The van der Waals surface area contributed by atoms with E-state index < -0.39 is 0 Å². The molecular formula is C10H21NS. The largest absolute Gasteiger partial charge is 0.313 e. The molecule has 0 aromatic heterocycles. The van der Waals surface area contributed by atoms with Crippen LogP contribution in [0, 0.1) is 5.41 Å². The minimum Gasteiger partial charge on any atom is -0.313 e. The zero-order valence-corrected chi connectivity index (χ0v) is 9.34. The zero-order valence-electron chi connectivity index (χ0n) is 8.52. The van der Waals surface area contributed by atoms with Crippen LogP contribution in [0.5, 0.6) is 0 Å². The Labute approximate surface area is 80.7 Å². The normalized spacial score (nSPS) is 27.8. The molecule has 0 spiro atoms. The molecule has 2 heteroatoms. The summed E-state index contributed by atoms with van der Waals surface area (Å²) in [6.45, 7) is 5.95. The fourth-order valence-corrected chi connectivity index (χ4v) is 2.36. The van der Waals surface area contributed by atoms with E-state index in [2.05, 4.69) is 25.4 Å². The molecule has 1 saturated carbocycles. The second-order valence-corrected chi connectivity index (χ2v) is 5.37. The lowest BCUT2D eigenvalue weighted by molar-refractivity contribution is 0.288. The van der Waals surface area contributed by atoms with Gasteiger partial charge in [-0.1, -0.05) is 20.3 Å². The molecule has 72 valence electrons. The van der Waals surface area contributed by atoms with Crippen LogP contribution >= 0.6 is 11.8 Å². The average Bonchev–Trinajstić information content (AvgIpc) is 2.32. The van der Waals surface area contributed by atoms with Crippen molar-refractivity contribution in [3.8, 4) is 0 Å². The van der Waals surface area contributed by atoms with E-state index in [1.54, 1.807) is 0 Å². The van der Waals surface area contributed by atoms with Crippen LogP contribution in [0.15, 0.2) is 0 Å². The molecule has 1 atom stereocenters. The van der Waals surface area contributed by atoms with Crippen LogP contribution in [0.3, 0.4) is 0 Å². The fraction of sp³-hybridized carbons (Fsp3) is 1.00. The summed E-state index contributed by atoms with van der Waals surface area (Å²) in [5.74, 6) is 1.24. The Balaban J connectivity index is 2.22. The molecule has 0 saturated heterocycles. The molecular weight excluding hydrogens is 166 g/mol. The molecule has 0 aromatic rings. The molecule has 0 bridgehead atoms. The average molecular weight is 187 g/mol. The minimum atomic E-state index is 0.540. The van der Waals surface area contributed by atoms with Gasteiger partial charge in [0, 0.05) is 18.3 Å². The van der Waals surface area contributed by atoms with Gasteiger partial charge < -0.3 is 5.32 Å². The lowest BCUT2D eigenvalue weighted by Gasteiger charge is -2.27. The maximum absolute atomic E-state index is 3.65. The standard InChI is InChI=1S/C10H21NS/c1-10(2)6-4-5-9(10)11-7-8-12-3/h9,11H,4-8H2,1-3H3. The molecule has 1 aliphatic rings. The smallest absolute Gasteiger partial charge is 0.0119 e. The van der Waals surface area contributed by atoms with Gasteiger partial charge in [0.15, 0.2) is 0 Å². The Morgan fingerprint density at radius 3 is 2.75 bits per heavy atom. The molecule has 0 radical (unpaired) electrons. The van der Waals surface area contributed by atoms with E-state index in [1.165, 1.54) is 31.6 Å². The van der Waals surface area contributed by atoms with Crippen molar-refractivity contribution in [3.05, 3.63) is 0 Å². The van der Waals surface area contributed by atoms with Gasteiger partial charge in [0.25, 0.3) is 0 Å². The van der Waals surface area contributed by atoms with Gasteiger partial charge in [-0.2, -0.15) is 11.8 Å². The first-order chi connectivity index (χ1) is 5.67. The minimum absolute atomic E-state index is 0.540. The van der Waals surface area contributed by atoms with Gasteiger partial charge in [-0.3, -0.25) is 0 Å². The Morgan fingerprint density at radius 1 is 1.50 bits per heavy atom. The maximum Gasteiger partial charge on any atom is 0.0119 e. The molecule has 1 aliphatic carbocycles. The van der Waals surface area contributed by atoms with Gasteiger partial charge in [0.1, 0.15) is 0 Å². The fourth-order valence-electron chi connectivity index (χ4n) is 2.04. The van der Waals surface area contributed by atoms with Crippen LogP contribution in [-0.2, 0) is 0 Å². The third-order valence-corrected chi connectivity index (χ3v) is 3.57. The molecule has 0 amide bonds. The summed E-state index contributed by atoms with van der Waals surface area (Å²) in [6.07, 6.45) is 6.34. The molecule has 1 rings (SSSR count). The van der Waals surface area contributed by atoms with Crippen molar-refractivity contribution in [2.24, 2.45) is 5.41 Å². The Bertz CT molecular complexity index is 134. The lowest BCUT2D eigenvalue weighted by atomic mass is 9.87. The van der Waals surface area contributed by atoms with Gasteiger partial charge in [-0.25, -0.2) is 0 Å². The summed E-state index contributed by atoms with van der Waals surface area (Å²) in [7, 11) is 0. The summed E-state index contributed by atoms with van der Waals surface area (Å²) in [5.41, 5.74) is 0.540. The van der Waals surface area contributed by atoms with Crippen molar-refractivity contribution in [3.63, 3.8) is 0 Å². The highest BCUT2D eigenvalue weighted by Gasteiger charge is 2.33. The predicted octanol–water partition coefficient (Wildman–Crippen LogP) is 2.52. The van der Waals surface area contributed by atoms with Crippen molar-refractivity contribution in [1.82, 2.24) is 5.32 Å². The van der Waals surface area contributed by atoms with Crippen molar-refractivity contribution >= 4 is 11.8 Å². The highest BCUT2D eigenvalue weighted by atomic mass is 32.2. The van der Waals surface area contributed by atoms with Gasteiger partial charge in [0.2, 0.25) is 0 Å². The first kappa shape index (κ1) is 10.4. The number of thioether (sulfide) groups is 1. The SMILES string of the molecule is CSCCNC1CCCC1(C)C. The van der Waals surface area contributed by atoms with Crippen LogP contribution in [0.25, 0.3) is 0 Å². The highest BCUT2D eigenvalue weighted by Crippen LogP contribution is 2.36. The molecule has 1 N–H and O–H groups in total. The third kappa shape index (κ3) is 2.67. The van der Waals surface area contributed by atoms with E-state index in [4.69, 9.17) is 0 Å². The summed E-state index contributed by atoms with van der Waals surface area (Å²) < 4.78 is 0. The van der Waals surface area contributed by atoms with Gasteiger partial charge in [-0.05, 0) is 24.5 Å². The molecule has 0 aromatic carbocycles. The second-order valence-electron chi connectivity index (χ2n) is 4.38. The highest BCUT2D eigenvalue weighted by molar-refractivity contribution is 7.98. The van der Waals surface area contributed by atoms with Crippen LogP contribution in [0.1, 0.15) is 33.1 Å². The Hall–Kier alpha value is 0.310. The zero-order chi connectivity index (χ0) is 9.03. The quantitative estimate of drug-likeness (QED) is 0.679. The van der Waals surface area contributed by atoms with Crippen LogP contribution in [0.4, 0.5) is 0 Å². The monoisotopic (exact) mass is 187 g/mol. The molecule has 12 heavy (non-hydrogen) atoms. The van der Waals surface area contributed by atoms with E-state index >= 15 is 0 Å². The topological polar surface area (TPSA) is 12.0 Å². The van der Waals surface area contributed by atoms with E-state index in [1.807, 2.05) is 11.8 Å². The van der Waals surface area contributed by atoms with Gasteiger partial charge >= 0.3 is 0 Å². The Kier molecular flexibility index (Phi) is 3.91. The summed E-state index contributed by atoms with van der Waals surface area (Å²) in [5, 5.41) is 3.65. The summed E-state index contributed by atoms with van der Waals surface area (Å²) in [4.78, 5) is 0. The first-order valence-corrected chi connectivity index (χ1v) is 6.28. The van der Waals surface area contributed by atoms with Crippen LogP contribution in [0.2, 0.25) is 0 Å². The predicted molar refractivity (Wildman–Crippen MR) is 57.8 cm³/mol. The van der Waals surface area contributed by atoms with E-state index in [0.29, 0.717) is 5.41 Å². The van der Waals surface area contributed by atoms with E-state index in [0.717, 1.165) is 6.04 Å². The summed E-state index contributed by atoms with van der Waals surface area (Å²) in [6, 6.07) is 0.768. The number of rotatable bonds is 4. The van der Waals surface area contributed by atoms with E-state index in [9.17, 15) is 0 Å². The Morgan fingerprint density at radius 2 is 2.25 bits per heavy atom. The van der Waals surface area contributed by atoms with E-state index in [-0.39, 0.29) is 0 Å². The number of hydrogen-bond donors (Lipinski definition) is 1. The molecule has 0 aliphatic heterocycles. The van der Waals surface area contributed by atoms with Crippen molar-refractivity contribution in [2.75, 3.05) is 18.6 Å². The molecule has 0 heterocycles. The second kappa shape index (κ2) is 4.52. The third-order valence-electron chi connectivity index (χ3n) is 2.95. The van der Waals surface area contributed by atoms with Crippen LogP contribution in [-0.4, -0.2) is 24.6 Å². The van der Waals surface area contributed by atoms with Crippen molar-refractivity contribution in [1.29, 1.82) is 0 Å². The van der Waals surface area contributed by atoms with Crippen molar-refractivity contribution in [2.45, 2.75) is 39.2 Å². The maximum atomic E-state index is 3.65. The number of hydrogen-bond acceptors (Lipinski definition) is 2. The van der Waals surface area contributed by atoms with Crippen LogP contribution < -0.4 is 5.32 Å². The molecule has 1 nitrogen and oxygen atoms in total. The van der Waals surface area contributed by atoms with Gasteiger partial charge in [0.05, 0.1) is 0 Å². The molecule has 1 unspecified atom stereocenters.